The first-order valence-corrected chi connectivity index (χ1v) is 14.0. The maximum Gasteiger partial charge on any atom is 0.269 e. The average Bonchev–Trinajstić information content (AvgIpc) is 3.23. The SMILES string of the molecule is O=C(CN1CN(c2ccccc2)C2(CCN(C(=O)/C=C/c3ccc([N+](=O)[O-])cc3)CC2)C1=O)NC1CCCCC1. The number of nitro groups is 1. The van der Waals surface area contributed by atoms with E-state index in [-0.39, 0.29) is 36.0 Å². The molecule has 0 unspecified atom stereocenters. The molecule has 0 bridgehead atoms. The van der Waals surface area contributed by atoms with Gasteiger partial charge in [0.2, 0.25) is 11.8 Å². The number of hydrogen-bond donors (Lipinski definition) is 1. The fourth-order valence-corrected chi connectivity index (χ4v) is 6.09. The fraction of sp³-hybridized carbons (Fsp3) is 0.433. The highest BCUT2D eigenvalue weighted by Gasteiger charge is 2.54. The molecule has 10 heteroatoms. The van der Waals surface area contributed by atoms with Gasteiger partial charge in [0.25, 0.3) is 11.6 Å². The van der Waals surface area contributed by atoms with Gasteiger partial charge in [-0.1, -0.05) is 37.5 Å². The van der Waals surface area contributed by atoms with Gasteiger partial charge in [0, 0.05) is 43.0 Å². The van der Waals surface area contributed by atoms with Gasteiger partial charge in [0.05, 0.1) is 11.6 Å². The van der Waals surface area contributed by atoms with Crippen LogP contribution in [0.5, 0.6) is 0 Å². The van der Waals surface area contributed by atoms with Crippen LogP contribution in [-0.2, 0) is 14.4 Å². The number of carbonyl (C=O) groups excluding carboxylic acids is 3. The first kappa shape index (κ1) is 27.4. The molecule has 2 heterocycles. The largest absolute Gasteiger partial charge is 0.352 e. The van der Waals surface area contributed by atoms with E-state index in [2.05, 4.69) is 10.2 Å². The maximum absolute atomic E-state index is 13.9. The van der Waals surface area contributed by atoms with Crippen LogP contribution in [0.3, 0.4) is 0 Å². The van der Waals surface area contributed by atoms with Crippen molar-refractivity contribution < 1.29 is 19.3 Å². The zero-order chi connectivity index (χ0) is 28.1. The van der Waals surface area contributed by atoms with Crippen molar-refractivity contribution in [3.05, 3.63) is 76.4 Å². The number of benzene rings is 2. The summed E-state index contributed by atoms with van der Waals surface area (Å²) in [5.74, 6) is -0.355. The monoisotopic (exact) mass is 545 g/mol. The van der Waals surface area contributed by atoms with Gasteiger partial charge in [-0.05, 0) is 61.6 Å². The quantitative estimate of drug-likeness (QED) is 0.322. The van der Waals surface area contributed by atoms with Gasteiger partial charge in [-0.3, -0.25) is 24.5 Å². The zero-order valence-electron chi connectivity index (χ0n) is 22.5. The highest BCUT2D eigenvalue weighted by atomic mass is 16.6. The molecule has 10 nitrogen and oxygen atoms in total. The van der Waals surface area contributed by atoms with Crippen LogP contribution in [0.1, 0.15) is 50.5 Å². The summed E-state index contributed by atoms with van der Waals surface area (Å²) in [6.45, 7) is 1.16. The molecular formula is C30H35N5O5. The summed E-state index contributed by atoms with van der Waals surface area (Å²) in [6, 6.07) is 16.0. The van der Waals surface area contributed by atoms with Crippen LogP contribution in [0.15, 0.2) is 60.7 Å². The molecule has 2 saturated heterocycles. The number of carbonyl (C=O) groups is 3. The minimum Gasteiger partial charge on any atom is -0.352 e. The molecule has 0 aromatic heterocycles. The molecule has 2 aromatic rings. The first-order valence-electron chi connectivity index (χ1n) is 14.0. The molecule has 210 valence electrons. The lowest BCUT2D eigenvalue weighted by Gasteiger charge is -2.43. The first-order chi connectivity index (χ1) is 19.4. The summed E-state index contributed by atoms with van der Waals surface area (Å²) in [5, 5.41) is 14.0. The van der Waals surface area contributed by atoms with E-state index in [9.17, 15) is 24.5 Å². The van der Waals surface area contributed by atoms with E-state index in [1.54, 1.807) is 28.0 Å². The molecule has 1 saturated carbocycles. The third-order valence-corrected chi connectivity index (χ3v) is 8.31. The number of rotatable bonds is 7. The van der Waals surface area contributed by atoms with E-state index in [0.717, 1.165) is 31.4 Å². The normalized spacial score (nSPS) is 19.4. The van der Waals surface area contributed by atoms with Crippen LogP contribution in [-0.4, -0.2) is 70.3 Å². The van der Waals surface area contributed by atoms with E-state index in [4.69, 9.17) is 0 Å². The fourth-order valence-electron chi connectivity index (χ4n) is 6.09. The Balaban J connectivity index is 1.26. The lowest BCUT2D eigenvalue weighted by molar-refractivity contribution is -0.384. The molecule has 3 fully saturated rings. The molecule has 1 aliphatic carbocycles. The molecule has 0 atom stereocenters. The highest BCUT2D eigenvalue weighted by Crippen LogP contribution is 2.39. The van der Waals surface area contributed by atoms with E-state index >= 15 is 0 Å². The molecule has 1 N–H and O–H groups in total. The summed E-state index contributed by atoms with van der Waals surface area (Å²) in [5.41, 5.74) is 0.792. The summed E-state index contributed by atoms with van der Waals surface area (Å²) < 4.78 is 0. The maximum atomic E-state index is 13.9. The summed E-state index contributed by atoms with van der Waals surface area (Å²) >= 11 is 0. The molecule has 3 aliphatic rings. The number of nitrogens with one attached hydrogen (secondary N) is 1. The van der Waals surface area contributed by atoms with E-state index in [0.29, 0.717) is 38.2 Å². The predicted octanol–water partition coefficient (Wildman–Crippen LogP) is 3.72. The van der Waals surface area contributed by atoms with Crippen molar-refractivity contribution in [2.24, 2.45) is 0 Å². The third-order valence-electron chi connectivity index (χ3n) is 8.31. The molecule has 2 aliphatic heterocycles. The highest BCUT2D eigenvalue weighted by molar-refractivity contribution is 5.97. The lowest BCUT2D eigenvalue weighted by Crippen LogP contribution is -2.57. The standard InChI is InChI=1S/C30H35N5O5/c36-27(31-24-7-3-1-4-8-24)21-33-22-34(25-9-5-2-6-10-25)30(29(33)38)17-19-32(20-18-30)28(37)16-13-23-11-14-26(15-12-23)35(39)40/h2,5-6,9-16,24H,1,3-4,7-8,17-22H2,(H,31,36)/b16-13+. The minimum absolute atomic E-state index is 0.00508. The Hall–Kier alpha value is -4.21. The smallest absolute Gasteiger partial charge is 0.269 e. The van der Waals surface area contributed by atoms with Gasteiger partial charge < -0.3 is 20.0 Å². The van der Waals surface area contributed by atoms with Crippen molar-refractivity contribution in [2.75, 3.05) is 31.2 Å². The number of piperidine rings is 1. The Morgan fingerprint density at radius 2 is 1.68 bits per heavy atom. The Kier molecular flexibility index (Phi) is 8.14. The second-order valence-corrected chi connectivity index (χ2v) is 10.8. The van der Waals surface area contributed by atoms with Gasteiger partial charge in [-0.25, -0.2) is 0 Å². The van der Waals surface area contributed by atoms with Crippen molar-refractivity contribution in [1.29, 1.82) is 0 Å². The van der Waals surface area contributed by atoms with Gasteiger partial charge in [-0.15, -0.1) is 0 Å². The number of hydrogen-bond acceptors (Lipinski definition) is 6. The second-order valence-electron chi connectivity index (χ2n) is 10.8. The van der Waals surface area contributed by atoms with Crippen molar-refractivity contribution in [3.63, 3.8) is 0 Å². The van der Waals surface area contributed by atoms with Crippen LogP contribution in [0.25, 0.3) is 6.08 Å². The van der Waals surface area contributed by atoms with Gasteiger partial charge in [-0.2, -0.15) is 0 Å². The van der Waals surface area contributed by atoms with Crippen molar-refractivity contribution in [1.82, 2.24) is 15.1 Å². The van der Waals surface area contributed by atoms with Gasteiger partial charge >= 0.3 is 0 Å². The summed E-state index contributed by atoms with van der Waals surface area (Å²) in [4.78, 5) is 55.6. The van der Waals surface area contributed by atoms with Gasteiger partial charge in [0.15, 0.2) is 0 Å². The molecule has 0 radical (unpaired) electrons. The van der Waals surface area contributed by atoms with E-state index < -0.39 is 10.5 Å². The van der Waals surface area contributed by atoms with Crippen LogP contribution in [0.2, 0.25) is 0 Å². The summed E-state index contributed by atoms with van der Waals surface area (Å²) in [6.07, 6.45) is 9.44. The Morgan fingerprint density at radius 3 is 2.33 bits per heavy atom. The molecule has 1 spiro atoms. The lowest BCUT2D eigenvalue weighted by atomic mass is 9.85. The Morgan fingerprint density at radius 1 is 1.00 bits per heavy atom. The molecule has 40 heavy (non-hydrogen) atoms. The van der Waals surface area contributed by atoms with Crippen molar-refractivity contribution >= 4 is 35.2 Å². The average molecular weight is 546 g/mol. The molecule has 2 aromatic carbocycles. The number of para-hydroxylation sites is 1. The molecule has 3 amide bonds. The number of non-ortho nitro benzene ring substituents is 1. The molecular weight excluding hydrogens is 510 g/mol. The van der Waals surface area contributed by atoms with E-state index in [1.165, 1.54) is 24.6 Å². The summed E-state index contributed by atoms with van der Waals surface area (Å²) in [7, 11) is 0. The topological polar surface area (TPSA) is 116 Å². The van der Waals surface area contributed by atoms with Crippen molar-refractivity contribution in [2.45, 2.75) is 56.5 Å². The van der Waals surface area contributed by atoms with Crippen LogP contribution >= 0.6 is 0 Å². The van der Waals surface area contributed by atoms with Crippen LogP contribution < -0.4 is 10.2 Å². The number of anilines is 1. The van der Waals surface area contributed by atoms with Crippen LogP contribution in [0, 0.1) is 10.1 Å². The number of likely N-dealkylation sites (tertiary alicyclic amines) is 1. The van der Waals surface area contributed by atoms with E-state index in [1.807, 2.05) is 30.3 Å². The minimum atomic E-state index is -0.814. The number of amides is 3. The predicted molar refractivity (Wildman–Crippen MR) is 151 cm³/mol. The second kappa shape index (κ2) is 11.9. The Labute approximate surface area is 233 Å². The number of nitrogens with zero attached hydrogens (tertiary/aromatic N) is 4. The number of nitro benzene ring substituents is 1. The zero-order valence-corrected chi connectivity index (χ0v) is 22.5. The van der Waals surface area contributed by atoms with Crippen LogP contribution in [0.4, 0.5) is 11.4 Å². The van der Waals surface area contributed by atoms with Crippen molar-refractivity contribution in [3.8, 4) is 0 Å². The van der Waals surface area contributed by atoms with Gasteiger partial charge in [0.1, 0.15) is 12.1 Å². The Bertz CT molecular complexity index is 1270. The third kappa shape index (κ3) is 5.85. The molecule has 5 rings (SSSR count).